The second-order valence-corrected chi connectivity index (χ2v) is 56.0. The zero-order valence-electron chi connectivity index (χ0n) is 68.8. The zero-order chi connectivity index (χ0) is 82.9. The maximum atomic E-state index is 12.8. The van der Waals surface area contributed by atoms with Gasteiger partial charge in [-0.2, -0.15) is 0 Å². The molecule has 0 aliphatic carbocycles. The van der Waals surface area contributed by atoms with E-state index in [4.69, 9.17) is 112 Å². The molecule has 0 amide bonds. The molecule has 3 atom stereocenters. The molecule has 0 aromatic carbocycles. The molecule has 0 fully saturated rings. The molecule has 0 aromatic rings. The number of hydrogen-bond acceptors (Lipinski definition) is 29. The lowest BCUT2D eigenvalue weighted by Gasteiger charge is -2.36. The van der Waals surface area contributed by atoms with Crippen LogP contribution in [0.25, 0.3) is 0 Å². The first-order valence-corrected chi connectivity index (χ1v) is 50.5. The SMILES string of the molecule is C.C.C.C.C.C.C.C.C.C.C.C.C.C.C.C.C.C.C.C.C.C.C.C.C=C.C=C.CC(C)(C)[Si](C)(C)OCCC(O)C(=O)Cl.CC(C)(C)[Si](C)(C)OCCC(O)C(=O)OCC(COC(=O)C(O)CCO[Si](C)(C)C(C)(C)C)OCCOCCOC(COC(=O)COO[Si](C)(C)C(C)(C)C)COC(=O)COO[Si](C)(C)C(C)(C)C.OCC(CO)OCCOCCOC(CO)CO. The van der Waals surface area contributed by atoms with Crippen LogP contribution < -0.4 is 0 Å². The van der Waals surface area contributed by atoms with Gasteiger partial charge in [-0.1, -0.05) is 282 Å². The predicted molar refractivity (Wildman–Crippen MR) is 577 cm³/mol. The first-order chi connectivity index (χ1) is 48.1. The van der Waals surface area contributed by atoms with Crippen molar-refractivity contribution in [1.29, 1.82) is 0 Å². The third-order valence-electron chi connectivity index (χ3n) is 18.1. The van der Waals surface area contributed by atoms with Gasteiger partial charge in [0.1, 0.15) is 56.9 Å². The van der Waals surface area contributed by atoms with Gasteiger partial charge in [-0.3, -0.25) is 13.9 Å². The van der Waals surface area contributed by atoms with E-state index in [-0.39, 0.29) is 328 Å². The van der Waals surface area contributed by atoms with Crippen LogP contribution in [-0.2, 0) is 104 Å². The summed E-state index contributed by atoms with van der Waals surface area (Å²) in [6.45, 7) is 62.4. The van der Waals surface area contributed by atoms with E-state index >= 15 is 0 Å². The number of aliphatic hydroxyl groups is 7. The van der Waals surface area contributed by atoms with Crippen LogP contribution in [0.1, 0.15) is 301 Å². The first-order valence-electron chi connectivity index (χ1n) is 35.6. The summed E-state index contributed by atoms with van der Waals surface area (Å²) in [5.41, 5.74) is 0. The van der Waals surface area contributed by atoms with Gasteiger partial charge in [0.2, 0.25) is 21.9 Å². The smallest absolute Gasteiger partial charge is 0.335 e. The van der Waals surface area contributed by atoms with Gasteiger partial charge in [-0.25, -0.2) is 29.0 Å². The Bertz CT molecular complexity index is 2160. The van der Waals surface area contributed by atoms with E-state index in [1.54, 1.807) is 0 Å². The second-order valence-electron chi connectivity index (χ2n) is 31.8. The summed E-state index contributed by atoms with van der Waals surface area (Å²) >= 11 is 5.14. The van der Waals surface area contributed by atoms with E-state index in [2.05, 4.69) is 128 Å². The van der Waals surface area contributed by atoms with E-state index in [1.807, 2.05) is 67.7 Å². The molecule has 3 unspecified atom stereocenters. The summed E-state index contributed by atoms with van der Waals surface area (Å²) in [7, 11) is -10.6. The Morgan fingerprint density at radius 2 is 0.473 bits per heavy atom. The minimum atomic E-state index is -2.29. The van der Waals surface area contributed by atoms with Gasteiger partial charge < -0.3 is 96.4 Å². The van der Waals surface area contributed by atoms with Crippen molar-refractivity contribution in [3.63, 3.8) is 0 Å². The number of carbonyl (C=O) groups is 5. The Hall–Kier alpha value is -2.40. The largest absolute Gasteiger partial charge is 0.461 e. The Kier molecular flexibility index (Phi) is 175. The van der Waals surface area contributed by atoms with Crippen molar-refractivity contribution in [1.82, 2.24) is 0 Å². The molecular formula is C94H241ClO29Si5. The summed E-state index contributed by atoms with van der Waals surface area (Å²) in [6, 6.07) is 0. The van der Waals surface area contributed by atoms with E-state index in [1.165, 1.54) is 0 Å². The normalized spacial score (nSPS) is 11.3. The van der Waals surface area contributed by atoms with Crippen molar-refractivity contribution in [2.24, 2.45) is 0 Å². The molecule has 818 valence electrons. The average molecular weight is 2010 g/mol. The molecule has 0 spiro atoms. The van der Waals surface area contributed by atoms with Crippen molar-refractivity contribution < 1.29 is 139 Å². The van der Waals surface area contributed by atoms with Gasteiger partial charge in [0.15, 0.2) is 50.4 Å². The molecule has 129 heavy (non-hydrogen) atoms. The molecule has 0 radical (unpaired) electrons. The predicted octanol–water partition coefficient (Wildman–Crippen LogP) is 24.5. The molecule has 29 nitrogen and oxygen atoms in total. The van der Waals surface area contributed by atoms with Gasteiger partial charge in [-0.15, -0.1) is 26.3 Å². The summed E-state index contributed by atoms with van der Waals surface area (Å²) in [5.74, 6) is -3.21. The van der Waals surface area contributed by atoms with Crippen molar-refractivity contribution >= 4 is 82.3 Å². The third kappa shape index (κ3) is 101. The van der Waals surface area contributed by atoms with Crippen LogP contribution in [0, 0.1) is 0 Å². The molecule has 0 aromatic heterocycles. The highest BCUT2D eigenvalue weighted by atomic mass is 35.5. The van der Waals surface area contributed by atoms with Crippen molar-refractivity contribution in [3.05, 3.63) is 26.3 Å². The van der Waals surface area contributed by atoms with Gasteiger partial charge in [-0.05, 0) is 102 Å². The standard InChI is InChI=1S/C46H94O19Si4.C10H21ClO3Si.C10H22O7.2C2H4.24CH4/c1-43(2,3)66(13,14)62-23-21-37(47)41(51)58-31-36(32-59-42(52)38(48)22-24-63-67(15,16)44(4,5)6)55-28-26-53-25-27-54-35(29-56-39(49)33-60-64-68(17,18)45(7,8)9)30-57-40(50)34-61-65-69(19,20)46(10,11)12;1-10(2,3)15(4,5)14-7-6-8(12)9(11)13;11-5-9(6-12)16-3-1-15-2-4-17-10(7-13)8-14;2*1-2;;;;;;;;;;;;;;;;;;;;;;;;/h35-38,47-48H,21-34H2,1-20H3;8,12H,6-7H2,1-5H3;9-14H,1-8H2;2*1-2H2;24*1H4. The van der Waals surface area contributed by atoms with Crippen molar-refractivity contribution in [2.45, 2.75) is 435 Å². The van der Waals surface area contributed by atoms with Crippen LogP contribution in [0.4, 0.5) is 0 Å². The minimum Gasteiger partial charge on any atom is -0.461 e. The lowest BCUT2D eigenvalue weighted by Crippen LogP contribution is -2.42. The number of halogens is 1. The molecular weight excluding hydrogens is 1770 g/mol. The van der Waals surface area contributed by atoms with Crippen LogP contribution in [0.15, 0.2) is 26.3 Å². The average Bonchev–Trinajstić information content (AvgIpc) is 0.879. The molecule has 0 aliphatic rings. The van der Waals surface area contributed by atoms with Gasteiger partial charge in [0, 0.05) is 39.1 Å². The quantitative estimate of drug-likeness (QED) is 0.00435. The lowest BCUT2D eigenvalue weighted by atomic mass is 10.2. The van der Waals surface area contributed by atoms with E-state index in [0.717, 1.165) is 0 Å². The summed E-state index contributed by atoms with van der Waals surface area (Å²) in [6.07, 6.45) is -6.69. The number of esters is 4. The summed E-state index contributed by atoms with van der Waals surface area (Å²) in [4.78, 5) is 71.7. The minimum absolute atomic E-state index is 0. The van der Waals surface area contributed by atoms with Crippen LogP contribution in [0.5, 0.6) is 0 Å². The topological polar surface area (TPSA) is 384 Å². The monoisotopic (exact) mass is 2010 g/mol. The van der Waals surface area contributed by atoms with Crippen LogP contribution in [-0.4, -0.2) is 288 Å². The fourth-order valence-corrected chi connectivity index (χ4v) is 10.4. The highest BCUT2D eigenvalue weighted by Gasteiger charge is 2.42. The molecule has 35 heteroatoms. The van der Waals surface area contributed by atoms with Crippen LogP contribution >= 0.6 is 11.6 Å². The van der Waals surface area contributed by atoms with Gasteiger partial charge in [0.05, 0.1) is 79.3 Å². The van der Waals surface area contributed by atoms with Gasteiger partial charge >= 0.3 is 23.9 Å². The summed E-state index contributed by atoms with van der Waals surface area (Å²) < 4.78 is 83.2. The Balaban J connectivity index is -0.0000000524. The molecule has 0 bridgehead atoms. The maximum Gasteiger partial charge on any atom is 0.335 e. The summed E-state index contributed by atoms with van der Waals surface area (Å²) in [5, 5.41) is 64.0. The van der Waals surface area contributed by atoms with Crippen molar-refractivity contribution in [3.8, 4) is 0 Å². The number of carbonyl (C=O) groups excluding carboxylic acids is 5. The second kappa shape index (κ2) is 108. The molecule has 0 saturated carbocycles. The van der Waals surface area contributed by atoms with E-state index in [0.29, 0.717) is 19.8 Å². The number of aliphatic hydroxyl groups excluding tert-OH is 7. The Morgan fingerprint density at radius 1 is 0.287 bits per heavy atom. The molecule has 0 rings (SSSR count). The highest BCUT2D eigenvalue weighted by molar-refractivity contribution is 6.75. The molecule has 0 aliphatic heterocycles. The fourth-order valence-electron chi connectivity index (χ4n) is 5.89. The first kappa shape index (κ1) is 210. The number of hydrogen-bond donors (Lipinski definition) is 7. The Morgan fingerprint density at radius 3 is 0.659 bits per heavy atom. The van der Waals surface area contributed by atoms with Crippen LogP contribution in [0.3, 0.4) is 0 Å². The zero-order valence-corrected chi connectivity index (χ0v) is 74.6. The highest BCUT2D eigenvalue weighted by Crippen LogP contribution is 2.40. The third-order valence-corrected chi connectivity index (χ3v) is 40.3. The van der Waals surface area contributed by atoms with E-state index in [9.17, 15) is 39.3 Å². The maximum absolute atomic E-state index is 12.8. The number of ether oxygens (including phenoxy) is 10. The fraction of sp³-hybridized carbons (Fsp3) is 0.904. The molecule has 7 N–H and O–H groups in total. The number of rotatable bonds is 51. The van der Waals surface area contributed by atoms with Crippen molar-refractivity contribution in [2.75, 3.05) is 139 Å². The van der Waals surface area contributed by atoms with Crippen LogP contribution in [0.2, 0.25) is 90.7 Å². The Labute approximate surface area is 816 Å². The lowest BCUT2D eigenvalue weighted by molar-refractivity contribution is -0.230. The molecule has 0 heterocycles. The molecule has 0 saturated heterocycles. The van der Waals surface area contributed by atoms with E-state index < -0.39 is 127 Å². The van der Waals surface area contributed by atoms with Gasteiger partial charge in [0.25, 0.3) is 0 Å².